The molecule has 3 heterocycles. The van der Waals surface area contributed by atoms with Crippen molar-refractivity contribution >= 4 is 11.5 Å². The molecule has 1 unspecified atom stereocenters. The molecule has 0 aliphatic carbocycles. The first-order valence-corrected chi connectivity index (χ1v) is 7.87. The lowest BCUT2D eigenvalue weighted by Gasteiger charge is -2.38. The first-order chi connectivity index (χ1) is 11.8. The minimum atomic E-state index is -2.91. The number of β-amino-alcohol motifs (C(OH)–C–C–N with tert-alkyl or cyclic N) is 1. The average molecular weight is 355 g/mol. The SMILES string of the molecule is Cn1ccn2ncc(CNC(=O)N3CCCC(O)(C(F)F)C3)c2c1=O. The van der Waals surface area contributed by atoms with Crippen LogP contribution in [0.1, 0.15) is 18.4 Å². The third-order valence-corrected chi connectivity index (χ3v) is 4.45. The summed E-state index contributed by atoms with van der Waals surface area (Å²) in [6.45, 7) is -0.102. The number of halogens is 2. The van der Waals surface area contributed by atoms with Crippen molar-refractivity contribution in [2.75, 3.05) is 13.1 Å². The number of aryl methyl sites for hydroxylation is 1. The molecule has 1 aliphatic rings. The molecular formula is C15H19F2N5O3. The molecule has 8 nitrogen and oxygen atoms in total. The fourth-order valence-electron chi connectivity index (χ4n) is 2.97. The van der Waals surface area contributed by atoms with Crippen LogP contribution in [0.25, 0.3) is 5.52 Å². The molecule has 0 aromatic carbocycles. The van der Waals surface area contributed by atoms with Crippen molar-refractivity contribution in [1.82, 2.24) is 24.4 Å². The Morgan fingerprint density at radius 1 is 1.48 bits per heavy atom. The number of fused-ring (bicyclic) bond motifs is 1. The Balaban J connectivity index is 1.71. The van der Waals surface area contributed by atoms with Crippen LogP contribution < -0.4 is 10.9 Å². The molecule has 2 aromatic rings. The smallest absolute Gasteiger partial charge is 0.317 e. The fraction of sp³-hybridized carbons (Fsp3) is 0.533. The van der Waals surface area contributed by atoms with Crippen LogP contribution in [0.4, 0.5) is 13.6 Å². The first kappa shape index (κ1) is 17.3. The Kier molecular flexibility index (Phi) is 4.46. The summed E-state index contributed by atoms with van der Waals surface area (Å²) in [4.78, 5) is 25.6. The number of urea groups is 1. The summed E-state index contributed by atoms with van der Waals surface area (Å²) in [6, 6.07) is -0.564. The molecule has 2 aromatic heterocycles. The number of likely N-dealkylation sites (tertiary alicyclic amines) is 1. The van der Waals surface area contributed by atoms with Crippen molar-refractivity contribution in [3.8, 4) is 0 Å². The molecular weight excluding hydrogens is 336 g/mol. The summed E-state index contributed by atoms with van der Waals surface area (Å²) >= 11 is 0. The number of rotatable bonds is 3. The molecule has 1 fully saturated rings. The van der Waals surface area contributed by atoms with Gasteiger partial charge in [-0.25, -0.2) is 18.1 Å². The van der Waals surface area contributed by atoms with Gasteiger partial charge in [-0.1, -0.05) is 0 Å². The summed E-state index contributed by atoms with van der Waals surface area (Å²) < 4.78 is 28.7. The zero-order valence-corrected chi connectivity index (χ0v) is 13.7. The van der Waals surface area contributed by atoms with E-state index < -0.39 is 24.6 Å². The summed E-state index contributed by atoms with van der Waals surface area (Å²) in [7, 11) is 1.61. The second-order valence-electron chi connectivity index (χ2n) is 6.27. The highest BCUT2D eigenvalue weighted by Crippen LogP contribution is 2.27. The maximum Gasteiger partial charge on any atom is 0.317 e. The van der Waals surface area contributed by atoms with Crippen molar-refractivity contribution in [1.29, 1.82) is 0 Å². The van der Waals surface area contributed by atoms with Gasteiger partial charge in [0.25, 0.3) is 12.0 Å². The number of nitrogens with zero attached hydrogens (tertiary/aromatic N) is 4. The second-order valence-corrected chi connectivity index (χ2v) is 6.27. The number of aromatic nitrogens is 3. The molecule has 1 saturated heterocycles. The van der Waals surface area contributed by atoms with Crippen LogP contribution in [0.2, 0.25) is 0 Å². The van der Waals surface area contributed by atoms with Crippen molar-refractivity contribution < 1.29 is 18.7 Å². The minimum Gasteiger partial charge on any atom is -0.382 e. The number of piperidine rings is 1. The molecule has 0 radical (unpaired) electrons. The normalized spacial score (nSPS) is 21.1. The molecule has 10 heteroatoms. The highest BCUT2D eigenvalue weighted by atomic mass is 19.3. The van der Waals surface area contributed by atoms with Crippen LogP contribution in [0.3, 0.4) is 0 Å². The number of aliphatic hydroxyl groups is 1. The summed E-state index contributed by atoms with van der Waals surface area (Å²) in [5.74, 6) is 0. The number of alkyl halides is 2. The lowest BCUT2D eigenvalue weighted by Crippen LogP contribution is -2.56. The number of amides is 2. The van der Waals surface area contributed by atoms with Crippen LogP contribution in [0, 0.1) is 0 Å². The lowest BCUT2D eigenvalue weighted by molar-refractivity contribution is -0.124. The van der Waals surface area contributed by atoms with Gasteiger partial charge in [-0.3, -0.25) is 4.79 Å². The lowest BCUT2D eigenvalue weighted by atomic mass is 9.93. The minimum absolute atomic E-state index is 0.0329. The first-order valence-electron chi connectivity index (χ1n) is 7.87. The molecule has 1 aliphatic heterocycles. The van der Waals surface area contributed by atoms with Gasteiger partial charge in [-0.15, -0.1) is 0 Å². The molecule has 3 rings (SSSR count). The van der Waals surface area contributed by atoms with Gasteiger partial charge in [0.05, 0.1) is 12.7 Å². The third kappa shape index (κ3) is 3.21. The van der Waals surface area contributed by atoms with Crippen molar-refractivity contribution in [2.45, 2.75) is 31.4 Å². The maximum absolute atomic E-state index is 13.0. The van der Waals surface area contributed by atoms with E-state index in [1.165, 1.54) is 20.2 Å². The Labute approximate surface area is 141 Å². The molecule has 2 N–H and O–H groups in total. The van der Waals surface area contributed by atoms with Crippen LogP contribution in [0.5, 0.6) is 0 Å². The van der Waals surface area contributed by atoms with Crippen LogP contribution >= 0.6 is 0 Å². The molecule has 2 amide bonds. The van der Waals surface area contributed by atoms with E-state index in [-0.39, 0.29) is 25.1 Å². The molecule has 1 atom stereocenters. The Morgan fingerprint density at radius 3 is 2.96 bits per heavy atom. The van der Waals surface area contributed by atoms with E-state index in [9.17, 15) is 23.5 Å². The highest BCUT2D eigenvalue weighted by Gasteiger charge is 2.42. The van der Waals surface area contributed by atoms with E-state index >= 15 is 0 Å². The third-order valence-electron chi connectivity index (χ3n) is 4.45. The van der Waals surface area contributed by atoms with E-state index in [1.807, 2.05) is 0 Å². The Bertz CT molecular complexity index is 849. The van der Waals surface area contributed by atoms with Crippen molar-refractivity contribution in [3.05, 3.63) is 34.5 Å². The monoisotopic (exact) mass is 355 g/mol. The molecule has 0 saturated carbocycles. The largest absolute Gasteiger partial charge is 0.382 e. The number of nitrogens with one attached hydrogen (secondary N) is 1. The van der Waals surface area contributed by atoms with Gasteiger partial charge in [-0.05, 0) is 12.8 Å². The van der Waals surface area contributed by atoms with Crippen LogP contribution in [-0.4, -0.2) is 55.3 Å². The zero-order valence-electron chi connectivity index (χ0n) is 13.7. The highest BCUT2D eigenvalue weighted by molar-refractivity contribution is 5.74. The topological polar surface area (TPSA) is 91.9 Å². The number of carbonyl (C=O) groups is 1. The van der Waals surface area contributed by atoms with Crippen LogP contribution in [-0.2, 0) is 13.6 Å². The van der Waals surface area contributed by atoms with Gasteiger partial charge < -0.3 is 19.9 Å². The predicted molar refractivity (Wildman–Crippen MR) is 84.4 cm³/mol. The second kappa shape index (κ2) is 6.43. The molecule has 0 bridgehead atoms. The van der Waals surface area contributed by atoms with Gasteiger partial charge in [0.1, 0.15) is 11.1 Å². The zero-order chi connectivity index (χ0) is 18.2. The number of hydrogen-bond donors (Lipinski definition) is 2. The van der Waals surface area contributed by atoms with E-state index in [0.717, 1.165) is 0 Å². The summed E-state index contributed by atoms with van der Waals surface area (Å²) in [5.41, 5.74) is -1.56. The van der Waals surface area contributed by atoms with Gasteiger partial charge in [0, 0.05) is 38.1 Å². The summed E-state index contributed by atoms with van der Waals surface area (Å²) in [5, 5.41) is 16.6. The number of carbonyl (C=O) groups excluding carboxylic acids is 1. The van der Waals surface area contributed by atoms with Crippen LogP contribution in [0.15, 0.2) is 23.4 Å². The van der Waals surface area contributed by atoms with E-state index in [4.69, 9.17) is 0 Å². The molecule has 136 valence electrons. The standard InChI is InChI=1S/C15H19F2N5O3/c1-20-5-6-22-11(12(20)23)10(8-19-22)7-18-14(24)21-4-2-3-15(25,9-21)13(16)17/h5-6,8,13,25H,2-4,7,9H2,1H3,(H,18,24). The number of hydrogen-bond acceptors (Lipinski definition) is 4. The summed E-state index contributed by atoms with van der Waals surface area (Å²) in [6.07, 6.45) is 2.01. The Hall–Kier alpha value is -2.49. The van der Waals surface area contributed by atoms with E-state index in [0.29, 0.717) is 17.5 Å². The van der Waals surface area contributed by atoms with Crippen molar-refractivity contribution in [2.24, 2.45) is 7.05 Å². The van der Waals surface area contributed by atoms with E-state index in [2.05, 4.69) is 10.4 Å². The van der Waals surface area contributed by atoms with Crippen molar-refractivity contribution in [3.63, 3.8) is 0 Å². The van der Waals surface area contributed by atoms with Gasteiger partial charge in [0.2, 0.25) is 0 Å². The average Bonchev–Trinajstić information content (AvgIpc) is 2.99. The van der Waals surface area contributed by atoms with Gasteiger partial charge in [-0.2, -0.15) is 5.10 Å². The maximum atomic E-state index is 13.0. The fourth-order valence-corrected chi connectivity index (χ4v) is 2.97. The van der Waals surface area contributed by atoms with E-state index in [1.54, 1.807) is 19.4 Å². The van der Waals surface area contributed by atoms with Gasteiger partial charge in [0.15, 0.2) is 0 Å². The predicted octanol–water partition coefficient (Wildman–Crippen LogP) is 0.335. The Morgan fingerprint density at radius 2 is 2.24 bits per heavy atom. The molecule has 25 heavy (non-hydrogen) atoms. The van der Waals surface area contributed by atoms with Gasteiger partial charge >= 0.3 is 6.03 Å². The quantitative estimate of drug-likeness (QED) is 0.830. The molecule has 0 spiro atoms.